The first kappa shape index (κ1) is 19.9. The highest BCUT2D eigenvalue weighted by molar-refractivity contribution is 6.31. The number of amides is 1. The van der Waals surface area contributed by atoms with Crippen LogP contribution >= 0.6 is 11.6 Å². The van der Waals surface area contributed by atoms with E-state index in [4.69, 9.17) is 11.6 Å². The van der Waals surface area contributed by atoms with Gasteiger partial charge in [-0.25, -0.2) is 0 Å². The van der Waals surface area contributed by atoms with Gasteiger partial charge in [-0.15, -0.1) is 0 Å². The third kappa shape index (κ3) is 5.82. The Labute approximate surface area is 158 Å². The molecule has 1 amide bonds. The number of H-pyrrole nitrogens is 1. The number of nitrogens with one attached hydrogen (secondary N) is 3. The van der Waals surface area contributed by atoms with E-state index in [2.05, 4.69) is 53.5 Å². The molecule has 0 aliphatic rings. The lowest BCUT2D eigenvalue weighted by Gasteiger charge is -2.10. The summed E-state index contributed by atoms with van der Waals surface area (Å²) in [5.41, 5.74) is 1.11. The maximum absolute atomic E-state index is 12.0. The molecule has 0 spiro atoms. The number of pyridine rings is 1. The van der Waals surface area contributed by atoms with Crippen LogP contribution in [0.3, 0.4) is 0 Å². The number of aromatic nitrogens is 3. The molecule has 6 nitrogen and oxygen atoms in total. The molecule has 0 saturated heterocycles. The highest BCUT2D eigenvalue weighted by atomic mass is 35.5. The van der Waals surface area contributed by atoms with Crippen LogP contribution in [-0.4, -0.2) is 33.2 Å². The number of nitrogens with zero attached hydrogens (tertiary/aromatic N) is 2. The first-order chi connectivity index (χ1) is 12.4. The molecule has 0 bridgehead atoms. The predicted octanol–water partition coefficient (Wildman–Crippen LogP) is 4.26. The number of anilines is 1. The third-order valence-corrected chi connectivity index (χ3v) is 3.56. The number of benzene rings is 1. The van der Waals surface area contributed by atoms with Gasteiger partial charge in [-0.05, 0) is 30.3 Å². The van der Waals surface area contributed by atoms with Crippen molar-refractivity contribution in [1.29, 1.82) is 0 Å². The van der Waals surface area contributed by atoms with Gasteiger partial charge in [-0.3, -0.25) is 14.9 Å². The smallest absolute Gasteiger partial charge is 0.275 e. The Morgan fingerprint density at radius 1 is 1.12 bits per heavy atom. The minimum absolute atomic E-state index is 0.302. The molecule has 7 heteroatoms. The van der Waals surface area contributed by atoms with Crippen molar-refractivity contribution in [3.8, 4) is 0 Å². The Morgan fingerprint density at radius 2 is 1.85 bits per heavy atom. The summed E-state index contributed by atoms with van der Waals surface area (Å²) in [6, 6.07) is 11.7. The van der Waals surface area contributed by atoms with Crippen molar-refractivity contribution in [2.45, 2.75) is 39.8 Å². The number of halogens is 1. The van der Waals surface area contributed by atoms with Gasteiger partial charge in [0.2, 0.25) is 0 Å². The Kier molecular flexibility index (Phi) is 7.12. The van der Waals surface area contributed by atoms with E-state index >= 15 is 0 Å². The largest absolute Gasteiger partial charge is 0.312 e. The van der Waals surface area contributed by atoms with Gasteiger partial charge in [0, 0.05) is 28.7 Å². The third-order valence-electron chi connectivity index (χ3n) is 3.32. The molecule has 2 aromatic heterocycles. The quantitative estimate of drug-likeness (QED) is 0.638. The van der Waals surface area contributed by atoms with Crippen LogP contribution in [0.1, 0.15) is 38.2 Å². The highest BCUT2D eigenvalue weighted by Crippen LogP contribution is 2.23. The van der Waals surface area contributed by atoms with E-state index in [1.165, 1.54) is 0 Å². The molecule has 0 aliphatic carbocycles. The number of rotatable bonds is 4. The Hall–Kier alpha value is -2.44. The fraction of sp³-hybridized carbons (Fsp3) is 0.316. The van der Waals surface area contributed by atoms with E-state index in [1.807, 2.05) is 0 Å². The van der Waals surface area contributed by atoms with Crippen LogP contribution < -0.4 is 10.6 Å². The van der Waals surface area contributed by atoms with E-state index in [1.54, 1.807) is 42.6 Å². The zero-order chi connectivity index (χ0) is 19.1. The summed E-state index contributed by atoms with van der Waals surface area (Å²) in [7, 11) is 0. The monoisotopic (exact) mass is 373 g/mol. The molecule has 3 rings (SSSR count). The Morgan fingerprint density at radius 3 is 2.42 bits per heavy atom. The van der Waals surface area contributed by atoms with Gasteiger partial charge >= 0.3 is 0 Å². The van der Waals surface area contributed by atoms with Crippen LogP contribution in [0.4, 0.5) is 5.82 Å². The molecule has 3 N–H and O–H groups in total. The zero-order valence-electron chi connectivity index (χ0n) is 15.4. The normalized spacial score (nSPS) is 10.7. The van der Waals surface area contributed by atoms with E-state index in [9.17, 15) is 4.79 Å². The van der Waals surface area contributed by atoms with Crippen molar-refractivity contribution >= 4 is 34.2 Å². The molecule has 2 heterocycles. The standard InChI is InChI=1S/C13H9ClN4O.C6H15N/c14-8-4-5-9-11(7-8)17-18-12(9)16-13(19)10-3-1-2-6-15-10;1-5(2)7-6(3)4/h1-7H,(H2,16,17,18,19);5-7H,1-4H3. The minimum atomic E-state index is -0.302. The van der Waals surface area contributed by atoms with E-state index in [0.29, 0.717) is 28.6 Å². The second-order valence-electron chi connectivity index (χ2n) is 6.41. The summed E-state index contributed by atoms with van der Waals surface area (Å²) in [6.07, 6.45) is 1.57. The van der Waals surface area contributed by atoms with Gasteiger partial charge in [0.1, 0.15) is 5.69 Å². The van der Waals surface area contributed by atoms with Crippen molar-refractivity contribution in [3.63, 3.8) is 0 Å². The molecule has 0 radical (unpaired) electrons. The van der Waals surface area contributed by atoms with Gasteiger partial charge in [0.25, 0.3) is 5.91 Å². The van der Waals surface area contributed by atoms with E-state index < -0.39 is 0 Å². The fourth-order valence-electron chi connectivity index (χ4n) is 2.42. The Balaban J connectivity index is 0.000000298. The minimum Gasteiger partial charge on any atom is -0.312 e. The molecule has 3 aromatic rings. The van der Waals surface area contributed by atoms with Crippen LogP contribution in [0.2, 0.25) is 5.02 Å². The number of hydrogen-bond acceptors (Lipinski definition) is 4. The summed E-state index contributed by atoms with van der Waals surface area (Å²) in [5, 5.41) is 14.3. The SMILES string of the molecule is CC(C)NC(C)C.O=C(Nc1n[nH]c2cc(Cl)ccc12)c1ccccn1. The fourth-order valence-corrected chi connectivity index (χ4v) is 2.59. The molecular formula is C19H24ClN5O. The molecule has 1 aromatic carbocycles. The summed E-state index contributed by atoms with van der Waals surface area (Å²) in [5.74, 6) is 0.159. The summed E-state index contributed by atoms with van der Waals surface area (Å²) in [6.45, 7) is 8.61. The number of carbonyl (C=O) groups excluding carboxylic acids is 1. The van der Waals surface area contributed by atoms with Gasteiger partial charge in [0.05, 0.1) is 5.52 Å². The van der Waals surface area contributed by atoms with Crippen LogP contribution in [0.15, 0.2) is 42.6 Å². The van der Waals surface area contributed by atoms with Gasteiger partial charge in [-0.2, -0.15) is 5.10 Å². The predicted molar refractivity (Wildman–Crippen MR) is 107 cm³/mol. The number of hydrogen-bond donors (Lipinski definition) is 3. The van der Waals surface area contributed by atoms with E-state index in [0.717, 1.165) is 10.9 Å². The van der Waals surface area contributed by atoms with Crippen LogP contribution in [0, 0.1) is 0 Å². The first-order valence-electron chi connectivity index (χ1n) is 8.49. The van der Waals surface area contributed by atoms with E-state index in [-0.39, 0.29) is 5.91 Å². The average molecular weight is 374 g/mol. The molecule has 0 atom stereocenters. The maximum Gasteiger partial charge on any atom is 0.275 e. The lowest BCUT2D eigenvalue weighted by Crippen LogP contribution is -2.29. The maximum atomic E-state index is 12.0. The summed E-state index contributed by atoms with van der Waals surface area (Å²) >= 11 is 5.88. The summed E-state index contributed by atoms with van der Waals surface area (Å²) < 4.78 is 0. The lowest BCUT2D eigenvalue weighted by molar-refractivity contribution is 0.102. The highest BCUT2D eigenvalue weighted by Gasteiger charge is 2.11. The number of carbonyl (C=O) groups is 1. The molecule has 138 valence electrons. The van der Waals surface area contributed by atoms with Crippen molar-refractivity contribution in [2.75, 3.05) is 5.32 Å². The first-order valence-corrected chi connectivity index (χ1v) is 8.86. The lowest BCUT2D eigenvalue weighted by atomic mass is 10.2. The molecule has 26 heavy (non-hydrogen) atoms. The van der Waals surface area contributed by atoms with Crippen molar-refractivity contribution < 1.29 is 4.79 Å². The average Bonchev–Trinajstić information content (AvgIpc) is 2.97. The molecule has 0 unspecified atom stereocenters. The molecule has 0 saturated carbocycles. The molecule has 0 fully saturated rings. The van der Waals surface area contributed by atoms with Crippen LogP contribution in [0.5, 0.6) is 0 Å². The van der Waals surface area contributed by atoms with Gasteiger partial charge < -0.3 is 10.6 Å². The number of aromatic amines is 1. The summed E-state index contributed by atoms with van der Waals surface area (Å²) in [4.78, 5) is 16.0. The van der Waals surface area contributed by atoms with Crippen molar-refractivity contribution in [2.24, 2.45) is 0 Å². The van der Waals surface area contributed by atoms with Gasteiger partial charge in [0.15, 0.2) is 5.82 Å². The topological polar surface area (TPSA) is 82.7 Å². The second-order valence-corrected chi connectivity index (χ2v) is 6.84. The number of fused-ring (bicyclic) bond motifs is 1. The zero-order valence-corrected chi connectivity index (χ0v) is 16.1. The van der Waals surface area contributed by atoms with Crippen LogP contribution in [-0.2, 0) is 0 Å². The van der Waals surface area contributed by atoms with Crippen molar-refractivity contribution in [3.05, 3.63) is 53.3 Å². The molecular weight excluding hydrogens is 350 g/mol. The molecule has 0 aliphatic heterocycles. The van der Waals surface area contributed by atoms with Crippen LogP contribution in [0.25, 0.3) is 10.9 Å². The Bertz CT molecular complexity index is 840. The second kappa shape index (κ2) is 9.31. The van der Waals surface area contributed by atoms with Gasteiger partial charge in [-0.1, -0.05) is 45.4 Å². The van der Waals surface area contributed by atoms with Crippen molar-refractivity contribution in [1.82, 2.24) is 20.5 Å².